The van der Waals surface area contributed by atoms with Gasteiger partial charge in [0.05, 0.1) is 5.92 Å². The van der Waals surface area contributed by atoms with E-state index in [4.69, 9.17) is 9.84 Å². The van der Waals surface area contributed by atoms with Crippen LogP contribution in [-0.4, -0.2) is 42.3 Å². The quantitative estimate of drug-likeness (QED) is 0.500. The minimum absolute atomic E-state index is 0.00312. The summed E-state index contributed by atoms with van der Waals surface area (Å²) in [6.45, 7) is 0.688. The highest BCUT2D eigenvalue weighted by atomic mass is 16.5. The molecule has 0 unspecified atom stereocenters. The van der Waals surface area contributed by atoms with E-state index in [1.807, 2.05) is 24.3 Å². The third-order valence-electron chi connectivity index (χ3n) is 6.62. The zero-order valence-corrected chi connectivity index (χ0v) is 18.6. The van der Waals surface area contributed by atoms with Crippen LogP contribution in [0.25, 0.3) is 11.1 Å². The predicted molar refractivity (Wildman–Crippen MR) is 124 cm³/mol. The number of hydrogen-bond acceptors (Lipinski definition) is 4. The monoisotopic (exact) mass is 450 g/mol. The number of benzene rings is 2. The number of unbranched alkanes of at least 4 members (excludes halogenated alkanes) is 1. The molecule has 0 bridgehead atoms. The molecule has 2 amide bonds. The van der Waals surface area contributed by atoms with Gasteiger partial charge in [0.25, 0.3) is 0 Å². The number of carboxylic acid groups (broad SMARTS) is 1. The number of carbonyl (C=O) groups is 3. The number of hydrogen-bond donors (Lipinski definition) is 3. The molecule has 0 aromatic heterocycles. The highest BCUT2D eigenvalue weighted by molar-refractivity contribution is 5.81. The maximum absolute atomic E-state index is 12.6. The highest BCUT2D eigenvalue weighted by Gasteiger charge is 2.35. The molecule has 2 atom stereocenters. The van der Waals surface area contributed by atoms with Gasteiger partial charge in [-0.2, -0.15) is 0 Å². The average Bonchev–Trinajstić information content (AvgIpc) is 3.39. The van der Waals surface area contributed by atoms with Crippen molar-refractivity contribution in [3.63, 3.8) is 0 Å². The van der Waals surface area contributed by atoms with Crippen LogP contribution in [0.1, 0.15) is 55.6 Å². The second kappa shape index (κ2) is 10.5. The summed E-state index contributed by atoms with van der Waals surface area (Å²) in [5.41, 5.74) is 4.68. The van der Waals surface area contributed by atoms with Crippen LogP contribution in [0.5, 0.6) is 0 Å². The number of carbonyl (C=O) groups excluding carboxylic acids is 2. The largest absolute Gasteiger partial charge is 0.481 e. The first-order valence-electron chi connectivity index (χ1n) is 11.7. The maximum Gasteiger partial charge on any atom is 0.407 e. The van der Waals surface area contributed by atoms with E-state index in [1.54, 1.807) is 0 Å². The number of ether oxygens (including phenoxy) is 1. The summed E-state index contributed by atoms with van der Waals surface area (Å²) in [6.07, 6.45) is 3.08. The van der Waals surface area contributed by atoms with Crippen LogP contribution in [0.4, 0.5) is 4.79 Å². The molecule has 7 nitrogen and oxygen atoms in total. The second-order valence-corrected chi connectivity index (χ2v) is 8.76. The smallest absolute Gasteiger partial charge is 0.407 e. The topological polar surface area (TPSA) is 105 Å². The van der Waals surface area contributed by atoms with Gasteiger partial charge in [-0.25, -0.2) is 4.79 Å². The van der Waals surface area contributed by atoms with Gasteiger partial charge >= 0.3 is 12.1 Å². The molecule has 2 aromatic rings. The number of alkyl carbamates (subject to hydrolysis) is 1. The van der Waals surface area contributed by atoms with Crippen molar-refractivity contribution in [3.05, 3.63) is 59.7 Å². The molecule has 1 saturated carbocycles. The molecule has 0 spiro atoms. The molecule has 0 saturated heterocycles. The summed E-state index contributed by atoms with van der Waals surface area (Å²) in [6, 6.07) is 16.1. The molecule has 2 aliphatic rings. The molecule has 1 fully saturated rings. The first kappa shape index (κ1) is 22.8. The third-order valence-corrected chi connectivity index (χ3v) is 6.62. The van der Waals surface area contributed by atoms with E-state index in [1.165, 1.54) is 11.1 Å². The number of carboxylic acids is 1. The van der Waals surface area contributed by atoms with Gasteiger partial charge < -0.3 is 20.5 Å². The van der Waals surface area contributed by atoms with E-state index in [0.717, 1.165) is 30.4 Å². The van der Waals surface area contributed by atoms with Crippen LogP contribution >= 0.6 is 0 Å². The Labute approximate surface area is 193 Å². The SMILES string of the molecule is O=C(O)CCCCNC(=O)[C@H]1CCC[C@H]1NC(=O)OCC1c2ccccc2-c2ccccc21. The Morgan fingerprint density at radius 1 is 0.939 bits per heavy atom. The van der Waals surface area contributed by atoms with Crippen molar-refractivity contribution in [2.45, 2.75) is 50.5 Å². The summed E-state index contributed by atoms with van der Waals surface area (Å²) in [5, 5.41) is 14.5. The predicted octanol–water partition coefficient (Wildman–Crippen LogP) is 4.06. The first-order chi connectivity index (χ1) is 16.0. The molecular weight excluding hydrogens is 420 g/mol. The minimum atomic E-state index is -0.829. The second-order valence-electron chi connectivity index (χ2n) is 8.76. The molecule has 0 radical (unpaired) electrons. The van der Waals surface area contributed by atoms with Gasteiger partial charge in [0, 0.05) is 24.9 Å². The van der Waals surface area contributed by atoms with Crippen LogP contribution in [0.15, 0.2) is 48.5 Å². The fourth-order valence-corrected chi connectivity index (χ4v) is 4.98. The van der Waals surface area contributed by atoms with Crippen molar-refractivity contribution >= 4 is 18.0 Å². The standard InChI is InChI=1S/C26H30N2O5/c29-24(30)14-5-6-15-27-25(31)21-12-7-13-23(21)28-26(32)33-16-22-19-10-3-1-8-17(19)18-9-2-4-11-20(18)22/h1-4,8-11,21-23H,5-7,12-16H2,(H,27,31)(H,28,32)(H,29,30)/t21-,23+/m0/s1. The fourth-order valence-electron chi connectivity index (χ4n) is 4.98. The Kier molecular flexibility index (Phi) is 7.27. The Hall–Kier alpha value is -3.35. The number of nitrogens with one attached hydrogen (secondary N) is 2. The van der Waals surface area contributed by atoms with Crippen LogP contribution in [0.2, 0.25) is 0 Å². The molecule has 174 valence electrons. The van der Waals surface area contributed by atoms with Crippen LogP contribution in [0, 0.1) is 5.92 Å². The molecular formula is C26H30N2O5. The van der Waals surface area contributed by atoms with E-state index >= 15 is 0 Å². The minimum Gasteiger partial charge on any atom is -0.481 e. The van der Waals surface area contributed by atoms with Crippen molar-refractivity contribution < 1.29 is 24.2 Å². The van der Waals surface area contributed by atoms with Gasteiger partial charge in [0.1, 0.15) is 6.61 Å². The summed E-state index contributed by atoms with van der Waals surface area (Å²) in [4.78, 5) is 35.7. The molecule has 0 aliphatic heterocycles. The van der Waals surface area contributed by atoms with Gasteiger partial charge in [-0.15, -0.1) is 0 Å². The van der Waals surface area contributed by atoms with Crippen LogP contribution < -0.4 is 10.6 Å². The summed E-state index contributed by atoms with van der Waals surface area (Å²) >= 11 is 0. The van der Waals surface area contributed by atoms with Crippen molar-refractivity contribution in [3.8, 4) is 11.1 Å². The number of rotatable bonds is 9. The normalized spacial score (nSPS) is 18.9. The molecule has 0 heterocycles. The Bertz CT molecular complexity index is 976. The summed E-state index contributed by atoms with van der Waals surface area (Å²) in [5.74, 6) is -1.21. The highest BCUT2D eigenvalue weighted by Crippen LogP contribution is 2.44. The van der Waals surface area contributed by atoms with Gasteiger partial charge in [-0.05, 0) is 47.9 Å². The Balaban J connectivity index is 1.28. The number of fused-ring (bicyclic) bond motifs is 3. The first-order valence-corrected chi connectivity index (χ1v) is 11.7. The Morgan fingerprint density at radius 2 is 1.61 bits per heavy atom. The zero-order chi connectivity index (χ0) is 23.2. The maximum atomic E-state index is 12.6. The summed E-state index contributed by atoms with van der Waals surface area (Å²) < 4.78 is 5.63. The van der Waals surface area contributed by atoms with Gasteiger partial charge in [-0.3, -0.25) is 9.59 Å². The number of amides is 2. The number of aliphatic carboxylic acids is 1. The molecule has 7 heteroatoms. The molecule has 2 aromatic carbocycles. The summed E-state index contributed by atoms with van der Waals surface area (Å²) in [7, 11) is 0. The van der Waals surface area contributed by atoms with Crippen LogP contribution in [-0.2, 0) is 14.3 Å². The lowest BCUT2D eigenvalue weighted by Crippen LogP contribution is -2.44. The lowest BCUT2D eigenvalue weighted by atomic mass is 9.98. The van der Waals surface area contributed by atoms with Gasteiger partial charge in [-0.1, -0.05) is 55.0 Å². The molecule has 4 rings (SSSR count). The Morgan fingerprint density at radius 3 is 2.27 bits per heavy atom. The van der Waals surface area contributed by atoms with E-state index in [2.05, 4.69) is 34.9 Å². The van der Waals surface area contributed by atoms with Crippen molar-refractivity contribution in [2.24, 2.45) is 5.92 Å². The lowest BCUT2D eigenvalue weighted by Gasteiger charge is -2.21. The molecule has 2 aliphatic carbocycles. The zero-order valence-electron chi connectivity index (χ0n) is 18.6. The van der Waals surface area contributed by atoms with Crippen molar-refractivity contribution in [2.75, 3.05) is 13.2 Å². The average molecular weight is 451 g/mol. The third kappa shape index (κ3) is 5.35. The fraction of sp³-hybridized carbons (Fsp3) is 0.423. The van der Waals surface area contributed by atoms with Crippen molar-refractivity contribution in [1.82, 2.24) is 10.6 Å². The van der Waals surface area contributed by atoms with E-state index in [-0.39, 0.29) is 36.8 Å². The molecule has 3 N–H and O–H groups in total. The van der Waals surface area contributed by atoms with Crippen LogP contribution in [0.3, 0.4) is 0 Å². The van der Waals surface area contributed by atoms with Gasteiger partial charge in [0.2, 0.25) is 5.91 Å². The van der Waals surface area contributed by atoms with Gasteiger partial charge in [0.15, 0.2) is 0 Å². The van der Waals surface area contributed by atoms with E-state index in [0.29, 0.717) is 19.4 Å². The molecule has 33 heavy (non-hydrogen) atoms. The van der Waals surface area contributed by atoms with E-state index in [9.17, 15) is 14.4 Å². The van der Waals surface area contributed by atoms with E-state index < -0.39 is 12.1 Å². The van der Waals surface area contributed by atoms with Crippen molar-refractivity contribution in [1.29, 1.82) is 0 Å². The lowest BCUT2D eigenvalue weighted by molar-refractivity contribution is -0.137.